The maximum absolute atomic E-state index is 13.3. The number of hydrogen-bond donors (Lipinski definition) is 0. The molecule has 0 saturated heterocycles. The van der Waals surface area contributed by atoms with Crippen LogP contribution in [-0.2, 0) is 0 Å². The normalized spacial score (nSPS) is 10.3. The van der Waals surface area contributed by atoms with Crippen LogP contribution in [0, 0.1) is 17.1 Å². The zero-order chi connectivity index (χ0) is 11.0. The van der Waals surface area contributed by atoms with Gasteiger partial charge >= 0.3 is 0 Å². The fourth-order valence-corrected chi connectivity index (χ4v) is 1.67. The minimum Gasteiger partial charge on any atom is -0.231 e. The van der Waals surface area contributed by atoms with Gasteiger partial charge in [0.2, 0.25) is 0 Å². The highest BCUT2D eigenvalue weighted by Gasteiger charge is 2.13. The van der Waals surface area contributed by atoms with E-state index >= 15 is 0 Å². The molecule has 2 aromatic rings. The summed E-state index contributed by atoms with van der Waals surface area (Å²) in [7, 11) is 0. The van der Waals surface area contributed by atoms with Gasteiger partial charge in [-0.25, -0.2) is 9.37 Å². The lowest BCUT2D eigenvalue weighted by molar-refractivity contribution is 0.637. The molecule has 0 aliphatic rings. The van der Waals surface area contributed by atoms with E-state index < -0.39 is 5.82 Å². The van der Waals surface area contributed by atoms with Crippen molar-refractivity contribution in [3.63, 3.8) is 0 Å². The molecule has 74 valence electrons. The summed E-state index contributed by atoms with van der Waals surface area (Å²) in [5.74, 6) is -0.525. The van der Waals surface area contributed by atoms with E-state index in [2.05, 4.69) is 4.98 Å². The first-order valence-corrected chi connectivity index (χ1v) is 4.74. The number of pyridine rings is 1. The Kier molecular flexibility index (Phi) is 2.47. The van der Waals surface area contributed by atoms with Crippen molar-refractivity contribution in [2.45, 2.75) is 0 Å². The fraction of sp³-hybridized carbons (Fsp3) is 0. The molecule has 0 bridgehead atoms. The number of nitrogens with zero attached hydrogens (tertiary/aromatic N) is 2. The van der Waals surface area contributed by atoms with Crippen LogP contribution in [0.3, 0.4) is 0 Å². The Hall–Kier alpha value is -1.37. The molecule has 0 aliphatic heterocycles. The van der Waals surface area contributed by atoms with Crippen molar-refractivity contribution in [2.75, 3.05) is 0 Å². The monoisotopic (exact) mass is 240 g/mol. The highest BCUT2D eigenvalue weighted by atomic mass is 35.5. The van der Waals surface area contributed by atoms with Crippen LogP contribution in [0.25, 0.3) is 10.9 Å². The Morgan fingerprint density at radius 1 is 1.33 bits per heavy atom. The van der Waals surface area contributed by atoms with Gasteiger partial charge in [0.15, 0.2) is 0 Å². The molecule has 0 spiro atoms. The maximum Gasteiger partial charge on any atom is 0.149 e. The minimum atomic E-state index is -0.525. The van der Waals surface area contributed by atoms with Crippen molar-refractivity contribution < 1.29 is 4.39 Å². The van der Waals surface area contributed by atoms with Gasteiger partial charge < -0.3 is 0 Å². The van der Waals surface area contributed by atoms with Crippen molar-refractivity contribution in [3.05, 3.63) is 39.8 Å². The standard InChI is InChI=1S/C10H3Cl2FN2/c11-8-6(4-14)5-2-1-3-7(13)9(5)15-10(8)12/h1-3H. The Morgan fingerprint density at radius 3 is 2.73 bits per heavy atom. The van der Waals surface area contributed by atoms with Crippen molar-refractivity contribution in [1.29, 1.82) is 5.26 Å². The second kappa shape index (κ2) is 3.65. The number of halogens is 3. The lowest BCUT2D eigenvalue weighted by Gasteiger charge is -2.03. The maximum atomic E-state index is 13.3. The molecule has 0 aliphatic carbocycles. The van der Waals surface area contributed by atoms with E-state index in [1.807, 2.05) is 6.07 Å². The minimum absolute atomic E-state index is 0.0530. The van der Waals surface area contributed by atoms with Gasteiger partial charge in [-0.3, -0.25) is 0 Å². The molecule has 2 rings (SSSR count). The summed E-state index contributed by atoms with van der Waals surface area (Å²) in [6.07, 6.45) is 0. The highest BCUT2D eigenvalue weighted by molar-refractivity contribution is 6.42. The largest absolute Gasteiger partial charge is 0.231 e. The summed E-state index contributed by atoms with van der Waals surface area (Å²) in [5.41, 5.74) is 0.203. The van der Waals surface area contributed by atoms with E-state index in [4.69, 9.17) is 28.5 Å². The molecule has 0 N–H and O–H groups in total. The predicted octanol–water partition coefficient (Wildman–Crippen LogP) is 3.55. The molecule has 0 amide bonds. The summed E-state index contributed by atoms with van der Waals surface area (Å²) in [5, 5.41) is 9.24. The molecule has 0 atom stereocenters. The van der Waals surface area contributed by atoms with Crippen LogP contribution >= 0.6 is 23.2 Å². The summed E-state index contributed by atoms with van der Waals surface area (Å²) in [6.45, 7) is 0. The predicted molar refractivity (Wildman–Crippen MR) is 56.4 cm³/mol. The second-order valence-corrected chi connectivity index (χ2v) is 3.58. The van der Waals surface area contributed by atoms with Crippen LogP contribution in [0.4, 0.5) is 4.39 Å². The van der Waals surface area contributed by atoms with Crippen molar-refractivity contribution >= 4 is 34.1 Å². The van der Waals surface area contributed by atoms with Crippen LogP contribution in [0.1, 0.15) is 5.56 Å². The Bertz CT molecular complexity index is 590. The molecule has 1 heterocycles. The van der Waals surface area contributed by atoms with Crippen LogP contribution in [0.15, 0.2) is 18.2 Å². The third-order valence-electron chi connectivity index (χ3n) is 1.98. The lowest BCUT2D eigenvalue weighted by Crippen LogP contribution is -1.90. The molecule has 0 fully saturated rings. The van der Waals surface area contributed by atoms with Gasteiger partial charge in [0.05, 0.1) is 10.6 Å². The highest BCUT2D eigenvalue weighted by Crippen LogP contribution is 2.30. The smallest absolute Gasteiger partial charge is 0.149 e. The zero-order valence-corrected chi connectivity index (χ0v) is 8.77. The Labute approximate surface area is 94.9 Å². The zero-order valence-electron chi connectivity index (χ0n) is 7.26. The summed E-state index contributed by atoms with van der Waals surface area (Å²) < 4.78 is 13.3. The van der Waals surface area contributed by atoms with Gasteiger partial charge in [-0.15, -0.1) is 0 Å². The average Bonchev–Trinajstić information content (AvgIpc) is 2.22. The quantitative estimate of drug-likeness (QED) is 0.661. The number of aromatic nitrogens is 1. The number of para-hydroxylation sites is 1. The Morgan fingerprint density at radius 2 is 2.07 bits per heavy atom. The lowest BCUT2D eigenvalue weighted by atomic mass is 10.1. The summed E-state index contributed by atoms with van der Waals surface area (Å²) >= 11 is 11.5. The molecule has 1 aromatic heterocycles. The van der Waals surface area contributed by atoms with E-state index in [1.54, 1.807) is 6.07 Å². The van der Waals surface area contributed by atoms with Crippen LogP contribution in [0.5, 0.6) is 0 Å². The molecule has 0 unspecified atom stereocenters. The van der Waals surface area contributed by atoms with Gasteiger partial charge in [0.1, 0.15) is 22.6 Å². The van der Waals surface area contributed by atoms with Crippen LogP contribution < -0.4 is 0 Å². The topological polar surface area (TPSA) is 36.7 Å². The van der Waals surface area contributed by atoms with E-state index in [9.17, 15) is 4.39 Å². The SMILES string of the molecule is N#Cc1c(Cl)c(Cl)nc2c(F)cccc12. The second-order valence-electron chi connectivity index (χ2n) is 2.84. The molecular weight excluding hydrogens is 238 g/mol. The van der Waals surface area contributed by atoms with Crippen molar-refractivity contribution in [2.24, 2.45) is 0 Å². The molecule has 15 heavy (non-hydrogen) atoms. The van der Waals surface area contributed by atoms with Gasteiger partial charge in [-0.05, 0) is 6.07 Å². The van der Waals surface area contributed by atoms with Gasteiger partial charge in [-0.2, -0.15) is 5.26 Å². The first-order chi connectivity index (χ1) is 7.15. The van der Waals surface area contributed by atoms with Crippen molar-refractivity contribution in [3.8, 4) is 6.07 Å². The third kappa shape index (κ3) is 1.52. The first-order valence-electron chi connectivity index (χ1n) is 3.98. The van der Waals surface area contributed by atoms with Gasteiger partial charge in [-0.1, -0.05) is 35.3 Å². The van der Waals surface area contributed by atoms with Crippen LogP contribution in [0.2, 0.25) is 10.2 Å². The number of benzene rings is 1. The molecular formula is C10H3Cl2FN2. The number of nitriles is 1. The van der Waals surface area contributed by atoms with Gasteiger partial charge in [0, 0.05) is 5.39 Å². The van der Waals surface area contributed by atoms with Gasteiger partial charge in [0.25, 0.3) is 0 Å². The molecule has 0 saturated carbocycles. The molecule has 1 aromatic carbocycles. The van der Waals surface area contributed by atoms with E-state index in [0.717, 1.165) is 0 Å². The van der Waals surface area contributed by atoms with E-state index in [1.165, 1.54) is 12.1 Å². The van der Waals surface area contributed by atoms with E-state index in [0.29, 0.717) is 5.39 Å². The molecule has 0 radical (unpaired) electrons. The third-order valence-corrected chi connectivity index (χ3v) is 2.72. The van der Waals surface area contributed by atoms with E-state index in [-0.39, 0.29) is 21.3 Å². The van der Waals surface area contributed by atoms with Crippen LogP contribution in [-0.4, -0.2) is 4.98 Å². The number of fused-ring (bicyclic) bond motifs is 1. The van der Waals surface area contributed by atoms with Crippen molar-refractivity contribution in [1.82, 2.24) is 4.98 Å². The fourth-order valence-electron chi connectivity index (χ4n) is 1.31. The number of hydrogen-bond acceptors (Lipinski definition) is 2. The number of rotatable bonds is 0. The first kappa shape index (κ1) is 10.2. The molecule has 2 nitrogen and oxygen atoms in total. The summed E-state index contributed by atoms with van der Waals surface area (Å²) in [6, 6.07) is 6.20. The summed E-state index contributed by atoms with van der Waals surface area (Å²) in [4.78, 5) is 3.79. The average molecular weight is 241 g/mol. The Balaban J connectivity index is 3.03. The molecule has 5 heteroatoms.